The van der Waals surface area contributed by atoms with Gasteiger partial charge in [0.2, 0.25) is 5.91 Å². The number of hydrogen-bond acceptors (Lipinski definition) is 6. The lowest BCUT2D eigenvalue weighted by molar-refractivity contribution is -0.136. The third-order valence-corrected chi connectivity index (χ3v) is 7.42. The summed E-state index contributed by atoms with van der Waals surface area (Å²) < 4.78 is 40.5. The summed E-state index contributed by atoms with van der Waals surface area (Å²) in [5.41, 5.74) is 7.63. The maximum Gasteiger partial charge on any atom is 0.253 e. The Morgan fingerprint density at radius 1 is 1.14 bits per heavy atom. The summed E-state index contributed by atoms with van der Waals surface area (Å²) in [6.45, 7) is 4.72. The number of amides is 2. The van der Waals surface area contributed by atoms with Gasteiger partial charge in [0.1, 0.15) is 5.82 Å². The molecular formula is C26H33F3N4O3S. The number of rotatable bonds is 11. The van der Waals surface area contributed by atoms with Crippen LogP contribution in [0.2, 0.25) is 0 Å². The van der Waals surface area contributed by atoms with Gasteiger partial charge in [-0.25, -0.2) is 13.2 Å². The van der Waals surface area contributed by atoms with Crippen molar-refractivity contribution in [3.8, 4) is 0 Å². The predicted molar refractivity (Wildman–Crippen MR) is 138 cm³/mol. The molecule has 1 aliphatic heterocycles. The summed E-state index contributed by atoms with van der Waals surface area (Å²) >= 11 is 1.34. The number of thioether (sulfide) groups is 1. The molecule has 1 aliphatic rings. The molecule has 7 nitrogen and oxygen atoms in total. The highest BCUT2D eigenvalue weighted by Crippen LogP contribution is 2.25. The molecule has 3 rings (SSSR count). The van der Waals surface area contributed by atoms with Crippen molar-refractivity contribution < 1.29 is 27.9 Å². The fraction of sp³-hybridized carbons (Fsp3) is 0.462. The van der Waals surface area contributed by atoms with Crippen LogP contribution < -0.4 is 16.4 Å². The Bertz CT molecular complexity index is 1090. The summed E-state index contributed by atoms with van der Waals surface area (Å²) in [6.07, 6.45) is -0.309. The molecule has 0 spiro atoms. The van der Waals surface area contributed by atoms with Gasteiger partial charge >= 0.3 is 0 Å². The Balaban J connectivity index is 1.51. The zero-order valence-corrected chi connectivity index (χ0v) is 21.7. The van der Waals surface area contributed by atoms with Crippen molar-refractivity contribution in [1.29, 1.82) is 0 Å². The second kappa shape index (κ2) is 13.2. The summed E-state index contributed by atoms with van der Waals surface area (Å²) in [7, 11) is 0. The summed E-state index contributed by atoms with van der Waals surface area (Å²) in [5, 5.41) is 14.9. The monoisotopic (exact) mass is 538 g/mol. The van der Waals surface area contributed by atoms with Crippen LogP contribution in [-0.2, 0) is 22.6 Å². The number of nitrogens with two attached hydrogens (primary N) is 1. The molecule has 0 aliphatic carbocycles. The van der Waals surface area contributed by atoms with E-state index < -0.39 is 28.9 Å². The molecule has 3 atom stereocenters. The zero-order valence-electron chi connectivity index (χ0n) is 20.8. The molecule has 0 bridgehead atoms. The van der Waals surface area contributed by atoms with E-state index in [1.165, 1.54) is 16.7 Å². The van der Waals surface area contributed by atoms with E-state index in [1.54, 1.807) is 0 Å². The highest BCUT2D eigenvalue weighted by Gasteiger charge is 2.35. The molecule has 11 heteroatoms. The lowest BCUT2D eigenvalue weighted by atomic mass is 10.0. The van der Waals surface area contributed by atoms with Gasteiger partial charge < -0.3 is 26.4 Å². The topological polar surface area (TPSA) is 108 Å². The average Bonchev–Trinajstić information content (AvgIpc) is 3.35. The van der Waals surface area contributed by atoms with E-state index in [2.05, 4.69) is 10.6 Å². The zero-order chi connectivity index (χ0) is 27.1. The highest BCUT2D eigenvalue weighted by molar-refractivity contribution is 8.00. The van der Waals surface area contributed by atoms with Crippen molar-refractivity contribution in [2.75, 3.05) is 24.2 Å². The van der Waals surface area contributed by atoms with Crippen LogP contribution in [-0.4, -0.2) is 58.2 Å². The van der Waals surface area contributed by atoms with Crippen LogP contribution in [0.5, 0.6) is 0 Å². The SMILES string of the molecule is CC(C)C(CO)Nc1ccc(CNC(=O)[C@@H]2SCCN2C(=O)CC(N)Cc2cc(F)c(F)cc2F)cc1. The molecule has 1 saturated heterocycles. The number of benzene rings is 2. The van der Waals surface area contributed by atoms with Crippen LogP contribution in [0.4, 0.5) is 18.9 Å². The van der Waals surface area contributed by atoms with Crippen molar-refractivity contribution >= 4 is 29.3 Å². The molecule has 0 radical (unpaired) electrons. The van der Waals surface area contributed by atoms with Crippen LogP contribution in [0.3, 0.4) is 0 Å². The first kappa shape index (κ1) is 28.8. The maximum absolute atomic E-state index is 13.9. The average molecular weight is 539 g/mol. The number of aliphatic hydroxyl groups is 1. The summed E-state index contributed by atoms with van der Waals surface area (Å²) in [4.78, 5) is 27.1. The van der Waals surface area contributed by atoms with E-state index in [9.17, 15) is 27.9 Å². The minimum Gasteiger partial charge on any atom is -0.394 e. The number of anilines is 1. The third-order valence-electron chi connectivity index (χ3n) is 6.22. The van der Waals surface area contributed by atoms with E-state index in [1.807, 2.05) is 38.1 Å². The van der Waals surface area contributed by atoms with Gasteiger partial charge in [0.05, 0.1) is 12.6 Å². The molecule has 2 aromatic carbocycles. The molecule has 1 heterocycles. The highest BCUT2D eigenvalue weighted by atomic mass is 32.2. The lowest BCUT2D eigenvalue weighted by Gasteiger charge is -2.24. The second-order valence-electron chi connectivity index (χ2n) is 9.43. The number of halogens is 3. The van der Waals surface area contributed by atoms with Gasteiger partial charge in [-0.1, -0.05) is 26.0 Å². The fourth-order valence-corrected chi connectivity index (χ4v) is 5.15. The normalized spacial score (nSPS) is 17.1. The van der Waals surface area contributed by atoms with Crippen LogP contribution in [0.25, 0.3) is 0 Å². The Labute approximate surface area is 219 Å². The Morgan fingerprint density at radius 2 is 1.81 bits per heavy atom. The van der Waals surface area contributed by atoms with E-state index in [4.69, 9.17) is 5.73 Å². The fourth-order valence-electron chi connectivity index (χ4n) is 3.99. The van der Waals surface area contributed by atoms with E-state index >= 15 is 0 Å². The van der Waals surface area contributed by atoms with Crippen LogP contribution in [0.1, 0.15) is 31.4 Å². The van der Waals surface area contributed by atoms with Gasteiger partial charge in [-0.15, -0.1) is 11.8 Å². The van der Waals surface area contributed by atoms with Gasteiger partial charge in [-0.2, -0.15) is 0 Å². The number of carbonyl (C=O) groups is 2. The molecule has 2 unspecified atom stereocenters. The van der Waals surface area contributed by atoms with Crippen molar-refractivity contribution in [2.24, 2.45) is 11.7 Å². The first-order valence-electron chi connectivity index (χ1n) is 12.1. The smallest absolute Gasteiger partial charge is 0.253 e. The minimum atomic E-state index is -1.29. The number of hydrogen-bond donors (Lipinski definition) is 4. The molecular weight excluding hydrogens is 505 g/mol. The standard InChI is InChI=1S/C26H33F3N4O3S/c1-15(2)23(14-34)32-19-5-3-16(4-6-19)13-31-25(36)26-33(7-8-37-26)24(35)11-18(30)9-17-10-21(28)22(29)12-20(17)27/h3-6,10,12,15,18,23,26,32,34H,7-9,11,13-14,30H2,1-2H3,(H,31,36)/t18?,23?,26-/m0/s1. The van der Waals surface area contributed by atoms with E-state index in [0.29, 0.717) is 18.4 Å². The molecule has 202 valence electrons. The summed E-state index contributed by atoms with van der Waals surface area (Å²) in [6, 6.07) is 7.82. The lowest BCUT2D eigenvalue weighted by Crippen LogP contribution is -2.46. The van der Waals surface area contributed by atoms with Gasteiger partial charge in [-0.3, -0.25) is 9.59 Å². The van der Waals surface area contributed by atoms with E-state index in [0.717, 1.165) is 17.3 Å². The van der Waals surface area contributed by atoms with Crippen molar-refractivity contribution in [2.45, 2.75) is 50.7 Å². The molecule has 1 fully saturated rings. The van der Waals surface area contributed by atoms with Gasteiger partial charge in [0.15, 0.2) is 17.0 Å². The van der Waals surface area contributed by atoms with Crippen LogP contribution in [0, 0.1) is 23.4 Å². The van der Waals surface area contributed by atoms with Gasteiger partial charge in [0.25, 0.3) is 5.91 Å². The molecule has 2 aromatic rings. The van der Waals surface area contributed by atoms with Crippen LogP contribution in [0.15, 0.2) is 36.4 Å². The first-order chi connectivity index (χ1) is 17.6. The van der Waals surface area contributed by atoms with Crippen molar-refractivity contribution in [1.82, 2.24) is 10.2 Å². The number of nitrogens with one attached hydrogen (secondary N) is 2. The molecule has 0 aromatic heterocycles. The first-order valence-corrected chi connectivity index (χ1v) is 13.2. The van der Waals surface area contributed by atoms with Gasteiger partial charge in [-0.05, 0) is 41.7 Å². The minimum absolute atomic E-state index is 0.0241. The van der Waals surface area contributed by atoms with Gasteiger partial charge in [0, 0.05) is 43.1 Å². The third kappa shape index (κ3) is 7.86. The largest absolute Gasteiger partial charge is 0.394 e. The van der Waals surface area contributed by atoms with Crippen molar-refractivity contribution in [3.63, 3.8) is 0 Å². The van der Waals surface area contributed by atoms with Crippen LogP contribution >= 0.6 is 11.8 Å². The predicted octanol–water partition coefficient (Wildman–Crippen LogP) is 3.01. The Kier molecular flexibility index (Phi) is 10.2. The summed E-state index contributed by atoms with van der Waals surface area (Å²) in [5.74, 6) is -3.22. The quantitative estimate of drug-likeness (QED) is 0.328. The second-order valence-corrected chi connectivity index (χ2v) is 10.6. The maximum atomic E-state index is 13.9. The molecule has 37 heavy (non-hydrogen) atoms. The van der Waals surface area contributed by atoms with E-state index in [-0.39, 0.29) is 55.3 Å². The number of aliphatic hydroxyl groups excluding tert-OH is 1. The Hall–Kier alpha value is -2.76. The molecule has 2 amide bonds. The number of carbonyl (C=O) groups excluding carboxylic acids is 2. The number of nitrogens with zero attached hydrogens (tertiary/aromatic N) is 1. The molecule has 5 N–H and O–H groups in total. The van der Waals surface area contributed by atoms with Crippen molar-refractivity contribution in [3.05, 3.63) is 65.0 Å². The molecule has 0 saturated carbocycles. The Morgan fingerprint density at radius 3 is 2.46 bits per heavy atom.